The fourth-order valence-electron chi connectivity index (χ4n) is 4.58. The van der Waals surface area contributed by atoms with Crippen LogP contribution in [0, 0.1) is 0 Å². The van der Waals surface area contributed by atoms with Gasteiger partial charge < -0.3 is 20.0 Å². The van der Waals surface area contributed by atoms with E-state index in [1.807, 2.05) is 12.1 Å². The lowest BCUT2D eigenvalue weighted by Gasteiger charge is -2.51. The molecule has 2 N–H and O–H groups in total. The van der Waals surface area contributed by atoms with E-state index in [0.29, 0.717) is 12.5 Å². The molecule has 0 unspecified atom stereocenters. The number of nitrogens with zero attached hydrogens (tertiary/aromatic N) is 4. The molecule has 1 amide bonds. The first kappa shape index (κ1) is 26.9. The number of piperidine rings is 1. The molecular weight excluding hydrogens is 436 g/mol. The largest absolute Gasteiger partial charge is 0.483 e. The number of pyridine rings is 1. The van der Waals surface area contributed by atoms with Crippen molar-refractivity contribution < 1.29 is 24.6 Å². The topological polar surface area (TPSA) is 114 Å². The molecule has 4 rings (SSSR count). The van der Waals surface area contributed by atoms with Gasteiger partial charge in [-0.25, -0.2) is 0 Å². The highest BCUT2D eigenvalue weighted by molar-refractivity contribution is 5.87. The first-order valence-corrected chi connectivity index (χ1v) is 11.3. The number of aromatic nitrogens is 1. The Hall–Kier alpha value is -3.30. The average molecular weight is 471 g/mol. The molecule has 1 aromatic carbocycles. The number of likely N-dealkylation sites (N-methyl/N-ethyl adjacent to an activating group) is 1. The van der Waals surface area contributed by atoms with Crippen LogP contribution in [0.3, 0.4) is 0 Å². The van der Waals surface area contributed by atoms with Crippen molar-refractivity contribution in [2.24, 2.45) is 0 Å². The highest BCUT2D eigenvalue weighted by Gasteiger charge is 2.49. The molecule has 2 aliphatic rings. The Morgan fingerprint density at radius 1 is 0.912 bits per heavy atom. The summed E-state index contributed by atoms with van der Waals surface area (Å²) in [7, 11) is 2.13. The summed E-state index contributed by atoms with van der Waals surface area (Å²) in [5, 5.41) is 13.8. The van der Waals surface area contributed by atoms with E-state index in [0.717, 1.165) is 57.5 Å². The van der Waals surface area contributed by atoms with E-state index in [4.69, 9.17) is 19.8 Å². The number of amides is 1. The second-order valence-corrected chi connectivity index (χ2v) is 8.32. The Kier molecular flexibility index (Phi) is 11.2. The zero-order chi connectivity index (χ0) is 24.8. The zero-order valence-electron chi connectivity index (χ0n) is 19.6. The van der Waals surface area contributed by atoms with Crippen LogP contribution in [0.1, 0.15) is 24.0 Å². The number of hydrogen-bond donors (Lipinski definition) is 2. The van der Waals surface area contributed by atoms with Crippen molar-refractivity contribution in [3.05, 3.63) is 66.0 Å². The van der Waals surface area contributed by atoms with Gasteiger partial charge >= 0.3 is 0 Å². The molecule has 0 bridgehead atoms. The molecule has 0 atom stereocenters. The van der Waals surface area contributed by atoms with E-state index in [-0.39, 0.29) is 18.5 Å². The lowest BCUT2D eigenvalue weighted by molar-refractivity contribution is -0.155. The highest BCUT2D eigenvalue weighted by atomic mass is 16.3. The van der Waals surface area contributed by atoms with Gasteiger partial charge in [-0.15, -0.1) is 0 Å². The van der Waals surface area contributed by atoms with Crippen LogP contribution in [0.5, 0.6) is 0 Å². The van der Waals surface area contributed by atoms with Crippen LogP contribution in [-0.2, 0) is 27.3 Å². The van der Waals surface area contributed by atoms with Gasteiger partial charge in [0.1, 0.15) is 5.54 Å². The summed E-state index contributed by atoms with van der Waals surface area (Å²) in [5.41, 5.74) is 2.22. The normalized spacial score (nSPS) is 17.7. The molecule has 0 aliphatic carbocycles. The molecule has 9 nitrogen and oxygen atoms in total. The Labute approximate surface area is 200 Å². The monoisotopic (exact) mass is 470 g/mol. The molecule has 1 spiro atoms. The molecule has 0 radical (unpaired) electrons. The van der Waals surface area contributed by atoms with Gasteiger partial charge in [0.05, 0.1) is 0 Å². The standard InChI is InChI=1S/C23H30N4O.2CH2O2/c1-25-17-18-27(19-21-7-12-24-13-8-21)22(28)23(25)10-15-26(16-11-23)14-9-20-5-3-2-4-6-20;2*2-1-3/h2-8,12-13H,9-11,14-19H2,1H3;2*1H,(H,2,3). The van der Waals surface area contributed by atoms with E-state index in [9.17, 15) is 4.79 Å². The van der Waals surface area contributed by atoms with Gasteiger partial charge in [-0.3, -0.25) is 24.3 Å². The first-order valence-electron chi connectivity index (χ1n) is 11.3. The van der Waals surface area contributed by atoms with Crippen molar-refractivity contribution >= 4 is 18.9 Å². The lowest BCUT2D eigenvalue weighted by Crippen LogP contribution is -2.67. The third kappa shape index (κ3) is 7.36. The Morgan fingerprint density at radius 2 is 1.50 bits per heavy atom. The van der Waals surface area contributed by atoms with Gasteiger partial charge in [0.25, 0.3) is 12.9 Å². The van der Waals surface area contributed by atoms with Crippen LogP contribution in [-0.4, -0.2) is 94.1 Å². The minimum Gasteiger partial charge on any atom is -0.483 e. The number of carbonyl (C=O) groups is 3. The maximum absolute atomic E-state index is 13.5. The van der Waals surface area contributed by atoms with Gasteiger partial charge in [0, 0.05) is 51.7 Å². The molecule has 2 fully saturated rings. The minimum absolute atomic E-state index is 0.250. The number of rotatable bonds is 5. The number of benzene rings is 1. The molecule has 2 aromatic rings. The zero-order valence-corrected chi connectivity index (χ0v) is 19.6. The summed E-state index contributed by atoms with van der Waals surface area (Å²) in [5.74, 6) is 0.306. The number of hydrogen-bond acceptors (Lipinski definition) is 6. The molecule has 184 valence electrons. The van der Waals surface area contributed by atoms with Crippen molar-refractivity contribution in [3.8, 4) is 0 Å². The van der Waals surface area contributed by atoms with Crippen molar-refractivity contribution in [1.29, 1.82) is 0 Å². The SMILES string of the molecule is CN1CCN(Cc2ccncc2)C(=O)C12CCN(CCc1ccccc1)CC2.O=CO.O=CO. The van der Waals surface area contributed by atoms with Crippen LogP contribution in [0.25, 0.3) is 0 Å². The number of piperazine rings is 1. The average Bonchev–Trinajstić information content (AvgIpc) is 2.86. The first-order chi connectivity index (χ1) is 16.5. The summed E-state index contributed by atoms with van der Waals surface area (Å²) in [6, 6.07) is 14.7. The third-order valence-electron chi connectivity index (χ3n) is 6.49. The maximum Gasteiger partial charge on any atom is 0.290 e. The van der Waals surface area contributed by atoms with Crippen molar-refractivity contribution in [3.63, 3.8) is 0 Å². The summed E-state index contributed by atoms with van der Waals surface area (Å²) < 4.78 is 0. The predicted octanol–water partition coefficient (Wildman–Crippen LogP) is 1.83. The number of carboxylic acid groups (broad SMARTS) is 2. The number of carbonyl (C=O) groups excluding carboxylic acids is 1. The quantitative estimate of drug-likeness (QED) is 0.637. The lowest BCUT2D eigenvalue weighted by atomic mass is 9.82. The Balaban J connectivity index is 0.000000618. The number of likely N-dealkylation sites (tertiary alicyclic amines) is 1. The van der Waals surface area contributed by atoms with Gasteiger partial charge in [-0.2, -0.15) is 0 Å². The van der Waals surface area contributed by atoms with Gasteiger partial charge in [-0.1, -0.05) is 30.3 Å². The highest BCUT2D eigenvalue weighted by Crippen LogP contribution is 2.33. The van der Waals surface area contributed by atoms with Crippen molar-refractivity contribution in [1.82, 2.24) is 19.7 Å². The Bertz CT molecular complexity index is 867. The molecule has 0 saturated carbocycles. The van der Waals surface area contributed by atoms with E-state index in [1.54, 1.807) is 12.4 Å². The van der Waals surface area contributed by atoms with Crippen LogP contribution in [0.4, 0.5) is 0 Å². The van der Waals surface area contributed by atoms with Gasteiger partial charge in [-0.05, 0) is 49.6 Å². The fourth-order valence-corrected chi connectivity index (χ4v) is 4.58. The second kappa shape index (κ2) is 14.1. The van der Waals surface area contributed by atoms with E-state index < -0.39 is 0 Å². The summed E-state index contributed by atoms with van der Waals surface area (Å²) in [4.78, 5) is 41.1. The van der Waals surface area contributed by atoms with Crippen molar-refractivity contribution in [2.45, 2.75) is 31.3 Å². The summed E-state index contributed by atoms with van der Waals surface area (Å²) >= 11 is 0. The second-order valence-electron chi connectivity index (χ2n) is 8.32. The molecule has 34 heavy (non-hydrogen) atoms. The molecule has 2 aliphatic heterocycles. The molecule has 9 heteroatoms. The van der Waals surface area contributed by atoms with Crippen LogP contribution < -0.4 is 0 Å². The molecular formula is C25H34N4O5. The van der Waals surface area contributed by atoms with Crippen LogP contribution >= 0.6 is 0 Å². The van der Waals surface area contributed by atoms with Crippen LogP contribution in [0.2, 0.25) is 0 Å². The van der Waals surface area contributed by atoms with Crippen LogP contribution in [0.15, 0.2) is 54.9 Å². The predicted molar refractivity (Wildman–Crippen MR) is 128 cm³/mol. The van der Waals surface area contributed by atoms with Gasteiger partial charge in [0.15, 0.2) is 0 Å². The molecule has 3 heterocycles. The third-order valence-corrected chi connectivity index (χ3v) is 6.49. The fraction of sp³-hybridized carbons (Fsp3) is 0.440. The van der Waals surface area contributed by atoms with E-state index in [2.05, 4.69) is 57.1 Å². The summed E-state index contributed by atoms with van der Waals surface area (Å²) in [6.07, 6.45) is 6.52. The molecule has 2 saturated heterocycles. The summed E-state index contributed by atoms with van der Waals surface area (Å²) in [6.45, 7) is 4.99. The van der Waals surface area contributed by atoms with Crippen molar-refractivity contribution in [2.75, 3.05) is 39.8 Å². The van der Waals surface area contributed by atoms with Gasteiger partial charge in [0.2, 0.25) is 5.91 Å². The molecule has 1 aromatic heterocycles. The van der Waals surface area contributed by atoms with E-state index >= 15 is 0 Å². The minimum atomic E-state index is -0.325. The smallest absolute Gasteiger partial charge is 0.290 e. The maximum atomic E-state index is 13.5. The van der Waals surface area contributed by atoms with E-state index in [1.165, 1.54) is 5.56 Å². The Morgan fingerprint density at radius 3 is 2.09 bits per heavy atom.